The lowest BCUT2D eigenvalue weighted by atomic mass is 10.1. The van der Waals surface area contributed by atoms with Crippen molar-refractivity contribution in [3.05, 3.63) is 0 Å². The number of hydrogen-bond acceptors (Lipinski definition) is 1. The van der Waals surface area contributed by atoms with Gasteiger partial charge in [-0.1, -0.05) is 12.8 Å². The molecule has 0 saturated heterocycles. The second-order valence-electron chi connectivity index (χ2n) is 4.17. The molecular formula is C10H17F2NO. The van der Waals surface area contributed by atoms with Crippen LogP contribution in [0.15, 0.2) is 0 Å². The van der Waals surface area contributed by atoms with Crippen LogP contribution in [0.3, 0.4) is 0 Å². The Balaban J connectivity index is 2.40. The van der Waals surface area contributed by atoms with E-state index in [1.54, 1.807) is 0 Å². The van der Waals surface area contributed by atoms with E-state index in [4.69, 9.17) is 0 Å². The summed E-state index contributed by atoms with van der Waals surface area (Å²) in [5.74, 6) is -3.09. The topological polar surface area (TPSA) is 29.1 Å². The normalized spacial score (nSPS) is 20.9. The van der Waals surface area contributed by atoms with Crippen molar-refractivity contribution in [2.24, 2.45) is 5.92 Å². The van der Waals surface area contributed by atoms with Gasteiger partial charge in [-0.2, -0.15) is 0 Å². The number of rotatable bonds is 3. The molecule has 2 nitrogen and oxygen atoms in total. The van der Waals surface area contributed by atoms with Crippen LogP contribution in [-0.2, 0) is 4.79 Å². The Morgan fingerprint density at radius 3 is 2.36 bits per heavy atom. The van der Waals surface area contributed by atoms with Gasteiger partial charge in [0.2, 0.25) is 5.91 Å². The van der Waals surface area contributed by atoms with Gasteiger partial charge in [-0.05, 0) is 19.8 Å². The zero-order valence-corrected chi connectivity index (χ0v) is 8.65. The van der Waals surface area contributed by atoms with Gasteiger partial charge in [0.1, 0.15) is 0 Å². The number of alkyl halides is 2. The van der Waals surface area contributed by atoms with Crippen molar-refractivity contribution >= 4 is 5.91 Å². The molecule has 0 radical (unpaired) electrons. The highest BCUT2D eigenvalue weighted by atomic mass is 19.3. The summed E-state index contributed by atoms with van der Waals surface area (Å²) in [6, 6.07) is -1.07. The van der Waals surface area contributed by atoms with E-state index in [0.29, 0.717) is 0 Å². The van der Waals surface area contributed by atoms with Crippen molar-refractivity contribution in [2.75, 3.05) is 0 Å². The van der Waals surface area contributed by atoms with Gasteiger partial charge >= 0.3 is 0 Å². The first-order valence-electron chi connectivity index (χ1n) is 5.09. The molecule has 1 aliphatic carbocycles. The highest BCUT2D eigenvalue weighted by Crippen LogP contribution is 2.25. The molecule has 0 bridgehead atoms. The van der Waals surface area contributed by atoms with Gasteiger partial charge in [0, 0.05) is 12.8 Å². The van der Waals surface area contributed by atoms with E-state index in [-0.39, 0.29) is 11.8 Å². The monoisotopic (exact) mass is 205 g/mol. The van der Waals surface area contributed by atoms with Gasteiger partial charge in [-0.3, -0.25) is 4.79 Å². The molecule has 82 valence electrons. The van der Waals surface area contributed by atoms with Crippen LogP contribution in [0.2, 0.25) is 0 Å². The molecule has 1 amide bonds. The van der Waals surface area contributed by atoms with Gasteiger partial charge in [-0.25, -0.2) is 8.78 Å². The Morgan fingerprint density at radius 2 is 1.93 bits per heavy atom. The predicted octanol–water partition coefficient (Wildman–Crippen LogP) is 2.34. The Kier molecular flexibility index (Phi) is 3.45. The van der Waals surface area contributed by atoms with Crippen LogP contribution in [0.25, 0.3) is 0 Å². The Morgan fingerprint density at radius 1 is 1.43 bits per heavy atom. The van der Waals surface area contributed by atoms with Crippen LogP contribution in [0.5, 0.6) is 0 Å². The fourth-order valence-electron chi connectivity index (χ4n) is 1.65. The standard InChI is InChI=1S/C10H17F2NO/c1-7(10(2,11)12)13-9(14)8-5-3-4-6-8/h7-8H,3-6H2,1-2H3,(H,13,14). The van der Waals surface area contributed by atoms with Gasteiger partial charge in [-0.15, -0.1) is 0 Å². The van der Waals surface area contributed by atoms with E-state index in [2.05, 4.69) is 5.32 Å². The van der Waals surface area contributed by atoms with Crippen molar-refractivity contribution < 1.29 is 13.6 Å². The number of amides is 1. The quantitative estimate of drug-likeness (QED) is 0.752. The highest BCUT2D eigenvalue weighted by Gasteiger charge is 2.33. The molecule has 0 aliphatic heterocycles. The summed E-state index contributed by atoms with van der Waals surface area (Å²) in [4.78, 5) is 11.5. The molecule has 1 aliphatic rings. The fraction of sp³-hybridized carbons (Fsp3) is 0.900. The summed E-state index contributed by atoms with van der Waals surface area (Å²) in [5, 5.41) is 2.37. The summed E-state index contributed by atoms with van der Waals surface area (Å²) in [5.41, 5.74) is 0. The van der Waals surface area contributed by atoms with E-state index in [0.717, 1.165) is 32.6 Å². The minimum absolute atomic E-state index is 0.0419. The van der Waals surface area contributed by atoms with Crippen LogP contribution >= 0.6 is 0 Å². The number of halogens is 2. The number of hydrogen-bond donors (Lipinski definition) is 1. The first-order chi connectivity index (χ1) is 6.41. The average Bonchev–Trinajstić information content (AvgIpc) is 2.53. The van der Waals surface area contributed by atoms with Crippen LogP contribution < -0.4 is 5.32 Å². The molecule has 4 heteroatoms. The fourth-order valence-corrected chi connectivity index (χ4v) is 1.65. The maximum Gasteiger partial charge on any atom is 0.264 e. The third-order valence-electron chi connectivity index (χ3n) is 2.85. The summed E-state index contributed by atoms with van der Waals surface area (Å²) in [7, 11) is 0. The second kappa shape index (κ2) is 4.24. The smallest absolute Gasteiger partial charge is 0.264 e. The summed E-state index contributed by atoms with van der Waals surface area (Å²) < 4.78 is 25.5. The van der Waals surface area contributed by atoms with Gasteiger partial charge in [0.25, 0.3) is 5.92 Å². The maximum absolute atomic E-state index is 12.7. The first-order valence-corrected chi connectivity index (χ1v) is 5.09. The van der Waals surface area contributed by atoms with Gasteiger partial charge in [0.05, 0.1) is 6.04 Å². The Hall–Kier alpha value is -0.670. The van der Waals surface area contributed by atoms with E-state index < -0.39 is 12.0 Å². The van der Waals surface area contributed by atoms with Crippen LogP contribution in [0.1, 0.15) is 39.5 Å². The molecule has 1 N–H and O–H groups in total. The van der Waals surface area contributed by atoms with Crippen LogP contribution in [0.4, 0.5) is 8.78 Å². The third kappa shape index (κ3) is 2.93. The largest absolute Gasteiger partial charge is 0.347 e. The van der Waals surface area contributed by atoms with E-state index in [9.17, 15) is 13.6 Å². The molecule has 0 aromatic carbocycles. The summed E-state index contributed by atoms with van der Waals surface area (Å²) in [6.45, 7) is 2.17. The molecular weight excluding hydrogens is 188 g/mol. The molecule has 1 fully saturated rings. The van der Waals surface area contributed by atoms with Crippen molar-refractivity contribution in [1.82, 2.24) is 5.32 Å². The number of carbonyl (C=O) groups excluding carboxylic acids is 1. The minimum Gasteiger partial charge on any atom is -0.347 e. The first kappa shape index (κ1) is 11.4. The zero-order chi connectivity index (χ0) is 10.8. The molecule has 1 rings (SSSR count). The molecule has 14 heavy (non-hydrogen) atoms. The number of carbonyl (C=O) groups is 1. The van der Waals surface area contributed by atoms with E-state index in [1.807, 2.05) is 0 Å². The maximum atomic E-state index is 12.7. The van der Waals surface area contributed by atoms with Crippen LogP contribution in [-0.4, -0.2) is 17.9 Å². The van der Waals surface area contributed by atoms with E-state index in [1.165, 1.54) is 6.92 Å². The lowest BCUT2D eigenvalue weighted by molar-refractivity contribution is -0.128. The number of nitrogens with one attached hydrogen (secondary N) is 1. The highest BCUT2D eigenvalue weighted by molar-refractivity contribution is 5.79. The molecule has 1 unspecified atom stereocenters. The molecule has 0 aromatic heterocycles. The Labute approximate surface area is 83.1 Å². The SMILES string of the molecule is CC(NC(=O)C1CCCC1)C(C)(F)F. The van der Waals surface area contributed by atoms with Crippen molar-refractivity contribution in [1.29, 1.82) is 0 Å². The molecule has 0 spiro atoms. The molecule has 0 heterocycles. The van der Waals surface area contributed by atoms with Gasteiger partial charge in [0.15, 0.2) is 0 Å². The lowest BCUT2D eigenvalue weighted by Crippen LogP contribution is -2.45. The Bertz CT molecular complexity index is 207. The van der Waals surface area contributed by atoms with Crippen LogP contribution in [0, 0.1) is 5.92 Å². The molecule has 0 aromatic rings. The van der Waals surface area contributed by atoms with Gasteiger partial charge < -0.3 is 5.32 Å². The predicted molar refractivity (Wildman–Crippen MR) is 50.2 cm³/mol. The van der Waals surface area contributed by atoms with Crippen molar-refractivity contribution in [3.63, 3.8) is 0 Å². The summed E-state index contributed by atoms with van der Waals surface area (Å²) in [6.07, 6.45) is 3.76. The molecule has 1 atom stereocenters. The third-order valence-corrected chi connectivity index (χ3v) is 2.85. The summed E-state index contributed by atoms with van der Waals surface area (Å²) >= 11 is 0. The van der Waals surface area contributed by atoms with Crippen molar-refractivity contribution in [3.8, 4) is 0 Å². The van der Waals surface area contributed by atoms with E-state index >= 15 is 0 Å². The molecule has 1 saturated carbocycles. The van der Waals surface area contributed by atoms with Crippen molar-refractivity contribution in [2.45, 2.75) is 51.5 Å². The average molecular weight is 205 g/mol. The zero-order valence-electron chi connectivity index (χ0n) is 8.65. The lowest BCUT2D eigenvalue weighted by Gasteiger charge is -2.22. The minimum atomic E-state index is -2.84. The second-order valence-corrected chi connectivity index (χ2v) is 4.17.